The summed E-state index contributed by atoms with van der Waals surface area (Å²) in [5, 5.41) is 2.69. The second-order valence-corrected chi connectivity index (χ2v) is 4.23. The number of nitrogens with two attached hydrogens (primary N) is 1. The van der Waals surface area contributed by atoms with Gasteiger partial charge in [-0.25, -0.2) is 4.39 Å². The highest BCUT2D eigenvalue weighted by Crippen LogP contribution is 2.18. The smallest absolute Gasteiger partial charge is 0.251 e. The molecule has 0 atom stereocenters. The highest BCUT2D eigenvalue weighted by atomic mass is 19.1. The third kappa shape index (κ3) is 3.06. The van der Waals surface area contributed by atoms with Crippen molar-refractivity contribution >= 4 is 11.6 Å². The van der Waals surface area contributed by atoms with E-state index in [4.69, 9.17) is 10.5 Å². The molecule has 0 aliphatic heterocycles. The molecule has 0 unspecified atom stereocenters. The summed E-state index contributed by atoms with van der Waals surface area (Å²) in [4.78, 5) is 11.9. The van der Waals surface area contributed by atoms with E-state index in [-0.39, 0.29) is 17.2 Å². The predicted octanol–water partition coefficient (Wildman–Crippen LogP) is 2.35. The van der Waals surface area contributed by atoms with Gasteiger partial charge in [-0.1, -0.05) is 18.2 Å². The fourth-order valence-electron chi connectivity index (χ4n) is 1.78. The van der Waals surface area contributed by atoms with Crippen LogP contribution in [0.5, 0.6) is 5.75 Å². The van der Waals surface area contributed by atoms with Gasteiger partial charge >= 0.3 is 0 Å². The van der Waals surface area contributed by atoms with Gasteiger partial charge in [0.25, 0.3) is 5.91 Å². The summed E-state index contributed by atoms with van der Waals surface area (Å²) in [6.45, 7) is 0.291. The summed E-state index contributed by atoms with van der Waals surface area (Å²) in [5.74, 6) is -0.831. The lowest BCUT2D eigenvalue weighted by Crippen LogP contribution is -2.23. The summed E-state index contributed by atoms with van der Waals surface area (Å²) in [5.41, 5.74) is 7.43. The Morgan fingerprint density at radius 1 is 1.30 bits per heavy atom. The quantitative estimate of drug-likeness (QED) is 0.841. The van der Waals surface area contributed by atoms with E-state index in [0.29, 0.717) is 12.2 Å². The lowest BCUT2D eigenvalue weighted by atomic mass is 10.1. The highest BCUT2D eigenvalue weighted by molar-refractivity contribution is 5.94. The molecule has 0 radical (unpaired) electrons. The first kappa shape index (κ1) is 13.9. The SMILES string of the molecule is COc1ccc(C(=O)NCc2ccccc2N)cc1F. The Morgan fingerprint density at radius 2 is 2.05 bits per heavy atom. The molecule has 2 rings (SSSR count). The van der Waals surface area contributed by atoms with E-state index in [0.717, 1.165) is 11.6 Å². The van der Waals surface area contributed by atoms with Crippen LogP contribution >= 0.6 is 0 Å². The van der Waals surface area contributed by atoms with Crippen LogP contribution in [0, 0.1) is 5.82 Å². The van der Waals surface area contributed by atoms with Gasteiger partial charge in [0, 0.05) is 17.8 Å². The van der Waals surface area contributed by atoms with Crippen molar-refractivity contribution in [3.63, 3.8) is 0 Å². The van der Waals surface area contributed by atoms with Crippen molar-refractivity contribution in [3.8, 4) is 5.75 Å². The Kier molecular flexibility index (Phi) is 4.20. The van der Waals surface area contributed by atoms with E-state index in [9.17, 15) is 9.18 Å². The maximum atomic E-state index is 13.5. The number of anilines is 1. The lowest BCUT2D eigenvalue weighted by Gasteiger charge is -2.08. The average molecular weight is 274 g/mol. The molecular formula is C15H15FN2O2. The minimum atomic E-state index is -0.570. The van der Waals surface area contributed by atoms with Crippen molar-refractivity contribution in [2.45, 2.75) is 6.54 Å². The third-order valence-electron chi connectivity index (χ3n) is 2.91. The van der Waals surface area contributed by atoms with Gasteiger partial charge in [0.05, 0.1) is 7.11 Å². The van der Waals surface area contributed by atoms with Crippen LogP contribution in [0.2, 0.25) is 0 Å². The summed E-state index contributed by atoms with van der Waals surface area (Å²) in [6, 6.07) is 11.3. The maximum Gasteiger partial charge on any atom is 0.251 e. The average Bonchev–Trinajstić information content (AvgIpc) is 2.46. The Labute approximate surface area is 116 Å². The highest BCUT2D eigenvalue weighted by Gasteiger charge is 2.10. The molecule has 5 heteroatoms. The number of carbonyl (C=O) groups is 1. The van der Waals surface area contributed by atoms with Crippen molar-refractivity contribution in [3.05, 3.63) is 59.4 Å². The summed E-state index contributed by atoms with van der Waals surface area (Å²) in [6.07, 6.45) is 0. The molecule has 0 aromatic heterocycles. The van der Waals surface area contributed by atoms with Crippen LogP contribution in [0.15, 0.2) is 42.5 Å². The van der Waals surface area contributed by atoms with Gasteiger partial charge in [0.2, 0.25) is 0 Å². The molecule has 0 fully saturated rings. The summed E-state index contributed by atoms with van der Waals surface area (Å²) < 4.78 is 18.3. The van der Waals surface area contributed by atoms with Gasteiger partial charge < -0.3 is 15.8 Å². The Bertz CT molecular complexity index is 629. The van der Waals surface area contributed by atoms with Crippen LogP contribution in [-0.4, -0.2) is 13.0 Å². The Balaban J connectivity index is 2.05. The molecule has 0 heterocycles. The van der Waals surface area contributed by atoms with Crippen LogP contribution in [0.1, 0.15) is 15.9 Å². The monoisotopic (exact) mass is 274 g/mol. The first-order chi connectivity index (χ1) is 9.61. The largest absolute Gasteiger partial charge is 0.494 e. The molecular weight excluding hydrogens is 259 g/mol. The van der Waals surface area contributed by atoms with E-state index in [2.05, 4.69) is 5.32 Å². The second kappa shape index (κ2) is 6.06. The van der Waals surface area contributed by atoms with Gasteiger partial charge in [-0.05, 0) is 29.8 Å². The zero-order valence-corrected chi connectivity index (χ0v) is 11.0. The number of halogens is 1. The number of amides is 1. The van der Waals surface area contributed by atoms with Crippen LogP contribution in [0.25, 0.3) is 0 Å². The first-order valence-corrected chi connectivity index (χ1v) is 6.07. The number of nitrogens with one attached hydrogen (secondary N) is 1. The van der Waals surface area contributed by atoms with Crippen molar-refractivity contribution in [2.75, 3.05) is 12.8 Å². The normalized spacial score (nSPS) is 10.1. The number of nitrogen functional groups attached to an aromatic ring is 1. The predicted molar refractivity (Wildman–Crippen MR) is 75.0 cm³/mol. The van der Waals surface area contributed by atoms with E-state index >= 15 is 0 Å². The first-order valence-electron chi connectivity index (χ1n) is 6.07. The van der Waals surface area contributed by atoms with Gasteiger partial charge in [-0.3, -0.25) is 4.79 Å². The fraction of sp³-hybridized carbons (Fsp3) is 0.133. The van der Waals surface area contributed by atoms with Crippen LogP contribution in [0.4, 0.5) is 10.1 Å². The molecule has 0 saturated carbocycles. The van der Waals surface area contributed by atoms with Crippen LogP contribution in [-0.2, 0) is 6.54 Å². The molecule has 0 bridgehead atoms. The van der Waals surface area contributed by atoms with E-state index in [1.54, 1.807) is 6.07 Å². The zero-order valence-electron chi connectivity index (χ0n) is 11.0. The number of rotatable bonds is 4. The van der Waals surface area contributed by atoms with Gasteiger partial charge in [0.15, 0.2) is 11.6 Å². The van der Waals surface area contributed by atoms with Crippen molar-refractivity contribution < 1.29 is 13.9 Å². The third-order valence-corrected chi connectivity index (χ3v) is 2.91. The lowest BCUT2D eigenvalue weighted by molar-refractivity contribution is 0.0950. The molecule has 2 aromatic rings. The van der Waals surface area contributed by atoms with E-state index in [1.165, 1.54) is 19.2 Å². The van der Waals surface area contributed by atoms with Gasteiger partial charge in [0.1, 0.15) is 0 Å². The number of hydrogen-bond donors (Lipinski definition) is 2. The molecule has 2 aromatic carbocycles. The Morgan fingerprint density at radius 3 is 2.70 bits per heavy atom. The number of ether oxygens (including phenoxy) is 1. The maximum absolute atomic E-state index is 13.5. The molecule has 0 aliphatic rings. The number of hydrogen-bond acceptors (Lipinski definition) is 3. The second-order valence-electron chi connectivity index (χ2n) is 4.23. The molecule has 0 aliphatic carbocycles. The number of benzene rings is 2. The van der Waals surface area contributed by atoms with E-state index in [1.807, 2.05) is 18.2 Å². The van der Waals surface area contributed by atoms with Crippen LogP contribution in [0.3, 0.4) is 0 Å². The van der Waals surface area contributed by atoms with Crippen LogP contribution < -0.4 is 15.8 Å². The number of methoxy groups -OCH3 is 1. The molecule has 0 saturated heterocycles. The molecule has 0 spiro atoms. The Hall–Kier alpha value is -2.56. The minimum Gasteiger partial charge on any atom is -0.494 e. The molecule has 1 amide bonds. The molecule has 3 N–H and O–H groups in total. The molecule has 104 valence electrons. The van der Waals surface area contributed by atoms with Gasteiger partial charge in [-0.2, -0.15) is 0 Å². The van der Waals surface area contributed by atoms with E-state index < -0.39 is 5.82 Å². The summed E-state index contributed by atoms with van der Waals surface area (Å²) in [7, 11) is 1.37. The molecule has 20 heavy (non-hydrogen) atoms. The minimum absolute atomic E-state index is 0.105. The topological polar surface area (TPSA) is 64.3 Å². The number of para-hydroxylation sites is 1. The zero-order chi connectivity index (χ0) is 14.5. The number of carbonyl (C=O) groups excluding carboxylic acids is 1. The van der Waals surface area contributed by atoms with Crippen molar-refractivity contribution in [2.24, 2.45) is 0 Å². The molecule has 4 nitrogen and oxygen atoms in total. The standard InChI is InChI=1S/C15H15FN2O2/c1-20-14-7-6-10(8-12(14)16)15(19)18-9-11-4-2-3-5-13(11)17/h2-8H,9,17H2,1H3,(H,18,19). The van der Waals surface area contributed by atoms with Gasteiger partial charge in [-0.15, -0.1) is 0 Å². The van der Waals surface area contributed by atoms with Crippen molar-refractivity contribution in [1.82, 2.24) is 5.32 Å². The van der Waals surface area contributed by atoms with Crippen molar-refractivity contribution in [1.29, 1.82) is 0 Å². The summed E-state index contributed by atoms with van der Waals surface area (Å²) >= 11 is 0. The fourth-order valence-corrected chi connectivity index (χ4v) is 1.78.